The molecule has 0 aliphatic heterocycles. The molecule has 0 aliphatic rings. The van der Waals surface area contributed by atoms with Gasteiger partial charge in [0.05, 0.1) is 18.1 Å². The van der Waals surface area contributed by atoms with Crippen LogP contribution in [0.3, 0.4) is 0 Å². The number of aromatic amines is 2. The number of nitrogens with one attached hydrogen (secondary N) is 2. The van der Waals surface area contributed by atoms with E-state index in [1.54, 1.807) is 19.4 Å². The maximum Gasteiger partial charge on any atom is 0.248 e. The second-order valence-corrected chi connectivity index (χ2v) is 3.66. The lowest BCUT2D eigenvalue weighted by Gasteiger charge is -1.97. The Morgan fingerprint density at radius 1 is 1.12 bits per heavy atom. The molecule has 0 bridgehead atoms. The fourth-order valence-corrected chi connectivity index (χ4v) is 1.93. The molecule has 2 aromatic heterocycles. The molecule has 0 aliphatic carbocycles. The van der Waals surface area contributed by atoms with E-state index < -0.39 is 0 Å². The second-order valence-electron chi connectivity index (χ2n) is 3.66. The summed E-state index contributed by atoms with van der Waals surface area (Å²) in [6.07, 6.45) is 1.68. The molecule has 3 rings (SSSR count). The van der Waals surface area contributed by atoms with Crippen molar-refractivity contribution in [2.45, 2.75) is 0 Å². The summed E-state index contributed by atoms with van der Waals surface area (Å²) in [5, 5.41) is 1.96. The van der Waals surface area contributed by atoms with E-state index in [0.717, 1.165) is 27.6 Å². The topological polar surface area (TPSA) is 57.9 Å². The molecule has 0 amide bonds. The van der Waals surface area contributed by atoms with Gasteiger partial charge in [0, 0.05) is 29.1 Å². The van der Waals surface area contributed by atoms with Gasteiger partial charge in [0.1, 0.15) is 5.75 Å². The number of hydrogen-bond acceptors (Lipinski definition) is 2. The van der Waals surface area contributed by atoms with Crippen molar-refractivity contribution in [3.05, 3.63) is 40.8 Å². The van der Waals surface area contributed by atoms with Crippen LogP contribution in [0, 0.1) is 0 Å². The molecule has 3 aromatic rings. The van der Waals surface area contributed by atoms with Crippen LogP contribution in [0.4, 0.5) is 0 Å². The van der Waals surface area contributed by atoms with Gasteiger partial charge >= 0.3 is 0 Å². The zero-order valence-electron chi connectivity index (χ0n) is 8.70. The van der Waals surface area contributed by atoms with E-state index in [1.165, 1.54) is 0 Å². The first-order valence-corrected chi connectivity index (χ1v) is 4.96. The molecule has 0 fully saturated rings. The standard InChI is InChI=1S/C12H10N2O2/c1-16-7-2-3-8-9-5-12(15)13-6-11(9)14-10(8)4-7/h2-6,14H,1H3,(H,13,15). The van der Waals surface area contributed by atoms with Gasteiger partial charge < -0.3 is 14.7 Å². The summed E-state index contributed by atoms with van der Waals surface area (Å²) in [5.74, 6) is 0.797. The average molecular weight is 214 g/mol. The van der Waals surface area contributed by atoms with Gasteiger partial charge in [0.25, 0.3) is 0 Å². The smallest absolute Gasteiger partial charge is 0.248 e. The Hall–Kier alpha value is -2.23. The van der Waals surface area contributed by atoms with Crippen molar-refractivity contribution in [1.29, 1.82) is 0 Å². The van der Waals surface area contributed by atoms with Crippen molar-refractivity contribution in [2.75, 3.05) is 7.11 Å². The summed E-state index contributed by atoms with van der Waals surface area (Å²) < 4.78 is 5.15. The Labute approximate surface area is 90.9 Å². The fraction of sp³-hybridized carbons (Fsp3) is 0.0833. The van der Waals surface area contributed by atoms with Gasteiger partial charge in [0.2, 0.25) is 5.56 Å². The summed E-state index contributed by atoms with van der Waals surface area (Å²) >= 11 is 0. The lowest BCUT2D eigenvalue weighted by molar-refractivity contribution is 0.415. The van der Waals surface area contributed by atoms with E-state index in [9.17, 15) is 4.79 Å². The van der Waals surface area contributed by atoms with Crippen molar-refractivity contribution in [3.63, 3.8) is 0 Å². The molecule has 0 atom stereocenters. The third-order valence-corrected chi connectivity index (χ3v) is 2.71. The Morgan fingerprint density at radius 3 is 2.81 bits per heavy atom. The summed E-state index contributed by atoms with van der Waals surface area (Å²) in [7, 11) is 1.63. The monoisotopic (exact) mass is 214 g/mol. The summed E-state index contributed by atoms with van der Waals surface area (Å²) in [6, 6.07) is 7.35. The normalized spacial score (nSPS) is 11.1. The first kappa shape index (κ1) is 9.03. The van der Waals surface area contributed by atoms with Crippen LogP contribution < -0.4 is 10.3 Å². The molecule has 2 heterocycles. The third-order valence-electron chi connectivity index (χ3n) is 2.71. The molecule has 2 N–H and O–H groups in total. The predicted octanol–water partition coefficient (Wildman–Crippen LogP) is 2.02. The largest absolute Gasteiger partial charge is 0.497 e. The summed E-state index contributed by atoms with van der Waals surface area (Å²) in [5.41, 5.74) is 1.79. The first-order valence-electron chi connectivity index (χ1n) is 4.96. The molecule has 0 spiro atoms. The number of hydrogen-bond donors (Lipinski definition) is 2. The van der Waals surface area contributed by atoms with Crippen LogP contribution in [0.5, 0.6) is 5.75 Å². The Balaban J connectivity index is 2.46. The molecule has 16 heavy (non-hydrogen) atoms. The lowest BCUT2D eigenvalue weighted by atomic mass is 10.2. The van der Waals surface area contributed by atoms with E-state index in [-0.39, 0.29) is 5.56 Å². The highest BCUT2D eigenvalue weighted by atomic mass is 16.5. The van der Waals surface area contributed by atoms with Crippen LogP contribution in [0.1, 0.15) is 0 Å². The van der Waals surface area contributed by atoms with Gasteiger partial charge in [-0.2, -0.15) is 0 Å². The van der Waals surface area contributed by atoms with Gasteiger partial charge in [-0.15, -0.1) is 0 Å². The number of pyridine rings is 1. The van der Waals surface area contributed by atoms with Crippen molar-refractivity contribution < 1.29 is 4.74 Å². The van der Waals surface area contributed by atoms with Crippen molar-refractivity contribution in [2.24, 2.45) is 0 Å². The minimum Gasteiger partial charge on any atom is -0.497 e. The number of methoxy groups -OCH3 is 1. The zero-order valence-corrected chi connectivity index (χ0v) is 8.70. The minimum absolute atomic E-state index is 0.0933. The molecule has 0 radical (unpaired) electrons. The maximum absolute atomic E-state index is 11.3. The van der Waals surface area contributed by atoms with Crippen molar-refractivity contribution in [1.82, 2.24) is 9.97 Å². The van der Waals surface area contributed by atoms with Crippen LogP contribution in [0.2, 0.25) is 0 Å². The van der Waals surface area contributed by atoms with Gasteiger partial charge in [-0.25, -0.2) is 0 Å². The summed E-state index contributed by atoms with van der Waals surface area (Å²) in [4.78, 5) is 17.1. The van der Waals surface area contributed by atoms with Crippen molar-refractivity contribution >= 4 is 21.8 Å². The van der Waals surface area contributed by atoms with Gasteiger partial charge in [0.15, 0.2) is 0 Å². The molecule has 0 saturated heterocycles. The quantitative estimate of drug-likeness (QED) is 0.651. The number of ether oxygens (including phenoxy) is 1. The van der Waals surface area contributed by atoms with Crippen molar-refractivity contribution in [3.8, 4) is 5.75 Å². The van der Waals surface area contributed by atoms with Gasteiger partial charge in [-0.1, -0.05) is 0 Å². The van der Waals surface area contributed by atoms with Crippen LogP contribution in [-0.4, -0.2) is 17.1 Å². The SMILES string of the molecule is COc1ccc2c(c1)[nH]c1c[nH]c(=O)cc12. The average Bonchev–Trinajstić information content (AvgIpc) is 2.66. The molecule has 4 heteroatoms. The van der Waals surface area contributed by atoms with E-state index in [1.807, 2.05) is 18.2 Å². The van der Waals surface area contributed by atoms with E-state index in [4.69, 9.17) is 4.74 Å². The highest BCUT2D eigenvalue weighted by molar-refractivity contribution is 6.07. The number of rotatable bonds is 1. The Kier molecular flexibility index (Phi) is 1.77. The van der Waals surface area contributed by atoms with Crippen LogP contribution in [0.15, 0.2) is 35.3 Å². The van der Waals surface area contributed by atoms with Gasteiger partial charge in [-0.05, 0) is 12.1 Å². The van der Waals surface area contributed by atoms with Crippen LogP contribution in [-0.2, 0) is 0 Å². The molecular weight excluding hydrogens is 204 g/mol. The Morgan fingerprint density at radius 2 is 2.00 bits per heavy atom. The third kappa shape index (κ3) is 1.20. The van der Waals surface area contributed by atoms with Gasteiger partial charge in [-0.3, -0.25) is 4.79 Å². The maximum atomic E-state index is 11.3. The predicted molar refractivity (Wildman–Crippen MR) is 63.0 cm³/mol. The Bertz CT molecular complexity index is 725. The molecule has 80 valence electrons. The number of benzene rings is 1. The molecular formula is C12H10N2O2. The first-order chi connectivity index (χ1) is 7.78. The lowest BCUT2D eigenvalue weighted by Crippen LogP contribution is -2.00. The van der Waals surface area contributed by atoms with Crippen LogP contribution >= 0.6 is 0 Å². The second kappa shape index (κ2) is 3.13. The highest BCUT2D eigenvalue weighted by Gasteiger charge is 2.05. The highest BCUT2D eigenvalue weighted by Crippen LogP contribution is 2.26. The summed E-state index contributed by atoms with van der Waals surface area (Å²) in [6.45, 7) is 0. The molecule has 0 saturated carbocycles. The number of fused-ring (bicyclic) bond motifs is 3. The molecule has 0 unspecified atom stereocenters. The molecule has 1 aromatic carbocycles. The van der Waals surface area contributed by atoms with E-state index >= 15 is 0 Å². The minimum atomic E-state index is -0.0933. The number of aromatic nitrogens is 2. The fourth-order valence-electron chi connectivity index (χ4n) is 1.93. The van der Waals surface area contributed by atoms with Crippen LogP contribution in [0.25, 0.3) is 21.8 Å². The van der Waals surface area contributed by atoms with E-state index in [0.29, 0.717) is 0 Å². The number of H-pyrrole nitrogens is 2. The zero-order chi connectivity index (χ0) is 11.1. The molecule has 4 nitrogen and oxygen atoms in total. The van der Waals surface area contributed by atoms with E-state index in [2.05, 4.69) is 9.97 Å².